The van der Waals surface area contributed by atoms with Crippen molar-refractivity contribution in [3.8, 4) is 0 Å². The van der Waals surface area contributed by atoms with Gasteiger partial charge in [0.05, 0.1) is 16.3 Å². The third-order valence-corrected chi connectivity index (χ3v) is 5.87. The predicted octanol–water partition coefficient (Wildman–Crippen LogP) is 3.47. The molecule has 0 spiro atoms. The summed E-state index contributed by atoms with van der Waals surface area (Å²) < 4.78 is 1.90. The van der Waals surface area contributed by atoms with Crippen molar-refractivity contribution in [3.05, 3.63) is 22.5 Å². The maximum atomic E-state index is 12.9. The second-order valence-corrected chi connectivity index (χ2v) is 7.23. The van der Waals surface area contributed by atoms with Gasteiger partial charge in [-0.05, 0) is 33.4 Å². The monoisotopic (exact) mass is 363 g/mol. The molecule has 25 heavy (non-hydrogen) atoms. The van der Waals surface area contributed by atoms with Gasteiger partial charge in [0.2, 0.25) is 0 Å². The van der Waals surface area contributed by atoms with Gasteiger partial charge in [-0.1, -0.05) is 6.92 Å². The van der Waals surface area contributed by atoms with E-state index in [1.165, 1.54) is 0 Å². The number of rotatable bonds is 7. The molecule has 0 bridgehead atoms. The van der Waals surface area contributed by atoms with Crippen LogP contribution in [-0.2, 0) is 16.6 Å². The molecule has 6 heteroatoms. The van der Waals surface area contributed by atoms with Gasteiger partial charge in [-0.15, -0.1) is 11.8 Å². The standard InChI is InChI=1S/C19H29N3O2S/c1-7-15(23)18-14(22(8-2)9-3)10-13(11-16(18)24)17-12(4)20-21(5)19(17)25-6/h13H,7-11H2,1-6H3. The van der Waals surface area contributed by atoms with Gasteiger partial charge in [0.25, 0.3) is 0 Å². The number of hydrogen-bond acceptors (Lipinski definition) is 5. The summed E-state index contributed by atoms with van der Waals surface area (Å²) in [4.78, 5) is 27.5. The Labute approximate surface area is 154 Å². The second-order valence-electron chi connectivity index (χ2n) is 6.43. The van der Waals surface area contributed by atoms with Crippen LogP contribution in [0.1, 0.15) is 57.2 Å². The van der Waals surface area contributed by atoms with Crippen LogP contribution in [0.15, 0.2) is 16.3 Å². The number of hydrogen-bond donors (Lipinski definition) is 0. The molecule has 0 saturated heterocycles. The lowest BCUT2D eigenvalue weighted by atomic mass is 9.80. The zero-order valence-electron chi connectivity index (χ0n) is 16.2. The average molecular weight is 364 g/mol. The van der Waals surface area contributed by atoms with Crippen LogP contribution >= 0.6 is 11.8 Å². The Bertz CT molecular complexity index is 702. The van der Waals surface area contributed by atoms with Gasteiger partial charge in [0.15, 0.2) is 11.6 Å². The van der Waals surface area contributed by atoms with Crippen molar-refractivity contribution in [2.75, 3.05) is 19.3 Å². The van der Waals surface area contributed by atoms with Crippen LogP contribution < -0.4 is 0 Å². The Morgan fingerprint density at radius 2 is 1.92 bits per heavy atom. The van der Waals surface area contributed by atoms with E-state index in [9.17, 15) is 9.59 Å². The van der Waals surface area contributed by atoms with E-state index in [1.54, 1.807) is 11.8 Å². The number of thioether (sulfide) groups is 1. The van der Waals surface area contributed by atoms with Crippen LogP contribution in [0.2, 0.25) is 0 Å². The molecule has 138 valence electrons. The van der Waals surface area contributed by atoms with Gasteiger partial charge in [0, 0.05) is 50.2 Å². The average Bonchev–Trinajstić information content (AvgIpc) is 2.88. The van der Waals surface area contributed by atoms with Gasteiger partial charge in [0.1, 0.15) is 0 Å². The number of carbonyl (C=O) groups excluding carboxylic acids is 2. The quantitative estimate of drug-likeness (QED) is 0.548. The Morgan fingerprint density at radius 3 is 2.44 bits per heavy atom. The number of carbonyl (C=O) groups is 2. The van der Waals surface area contributed by atoms with E-state index in [-0.39, 0.29) is 17.5 Å². The Morgan fingerprint density at radius 1 is 1.28 bits per heavy atom. The molecule has 0 N–H and O–H groups in total. The summed E-state index contributed by atoms with van der Waals surface area (Å²) in [5.41, 5.74) is 3.51. The number of Topliss-reactive ketones (excluding diaryl/α,β-unsaturated/α-hetero) is 2. The fraction of sp³-hybridized carbons (Fsp3) is 0.632. The lowest BCUT2D eigenvalue weighted by Gasteiger charge is -2.33. The molecule has 1 aromatic rings. The molecule has 0 fully saturated rings. The van der Waals surface area contributed by atoms with Crippen molar-refractivity contribution in [3.63, 3.8) is 0 Å². The molecule has 1 atom stereocenters. The van der Waals surface area contributed by atoms with Crippen LogP contribution in [0.5, 0.6) is 0 Å². The Kier molecular flexibility index (Phi) is 6.49. The van der Waals surface area contributed by atoms with Crippen LogP contribution in [0.3, 0.4) is 0 Å². The normalized spacial score (nSPS) is 18.0. The Hall–Kier alpha value is -1.56. The highest BCUT2D eigenvalue weighted by Crippen LogP contribution is 2.41. The van der Waals surface area contributed by atoms with Crippen molar-refractivity contribution in [2.45, 2.75) is 57.9 Å². The van der Waals surface area contributed by atoms with Crippen LogP contribution in [-0.4, -0.2) is 45.6 Å². The first-order chi connectivity index (χ1) is 11.9. The lowest BCUT2D eigenvalue weighted by molar-refractivity contribution is -0.122. The molecule has 0 amide bonds. The van der Waals surface area contributed by atoms with E-state index < -0.39 is 0 Å². The van der Waals surface area contributed by atoms with Crippen molar-refractivity contribution in [1.29, 1.82) is 0 Å². The molecule has 0 radical (unpaired) electrons. The zero-order chi connectivity index (χ0) is 18.7. The molecule has 1 heterocycles. The molecule has 0 saturated carbocycles. The summed E-state index contributed by atoms with van der Waals surface area (Å²) >= 11 is 1.66. The number of allylic oxidation sites excluding steroid dienone is 2. The van der Waals surface area contributed by atoms with E-state index in [4.69, 9.17) is 0 Å². The van der Waals surface area contributed by atoms with Crippen LogP contribution in [0, 0.1) is 6.92 Å². The first kappa shape index (κ1) is 19.8. The maximum Gasteiger partial charge on any atom is 0.168 e. The van der Waals surface area contributed by atoms with Crippen molar-refractivity contribution in [1.82, 2.24) is 14.7 Å². The van der Waals surface area contributed by atoms with Crippen LogP contribution in [0.25, 0.3) is 0 Å². The van der Waals surface area contributed by atoms with Crippen LogP contribution in [0.4, 0.5) is 0 Å². The summed E-state index contributed by atoms with van der Waals surface area (Å²) in [6.07, 6.45) is 3.54. The van der Waals surface area contributed by atoms with Gasteiger partial charge in [-0.3, -0.25) is 14.3 Å². The first-order valence-corrected chi connectivity index (χ1v) is 10.2. The minimum Gasteiger partial charge on any atom is -0.375 e. The molecular weight excluding hydrogens is 334 g/mol. The number of nitrogens with zero attached hydrogens (tertiary/aromatic N) is 3. The number of aromatic nitrogens is 2. The molecule has 1 aliphatic rings. The molecule has 1 aliphatic carbocycles. The Balaban J connectivity index is 2.54. The first-order valence-electron chi connectivity index (χ1n) is 9.01. The SMILES string of the molecule is CCC(=O)C1=C(N(CC)CC)CC(c2c(C)nn(C)c2SC)CC1=O. The summed E-state index contributed by atoms with van der Waals surface area (Å²) in [6.45, 7) is 9.57. The summed E-state index contributed by atoms with van der Waals surface area (Å²) in [5, 5.41) is 5.66. The van der Waals surface area contributed by atoms with E-state index in [0.717, 1.165) is 41.5 Å². The smallest absolute Gasteiger partial charge is 0.168 e. The number of aryl methyl sites for hydroxylation is 2. The molecule has 5 nitrogen and oxygen atoms in total. The lowest BCUT2D eigenvalue weighted by Crippen LogP contribution is -2.33. The maximum absolute atomic E-state index is 12.9. The van der Waals surface area contributed by atoms with Gasteiger partial charge in [-0.2, -0.15) is 5.10 Å². The predicted molar refractivity (Wildman–Crippen MR) is 102 cm³/mol. The highest BCUT2D eigenvalue weighted by atomic mass is 32.2. The molecule has 1 unspecified atom stereocenters. The van der Waals surface area contributed by atoms with Gasteiger partial charge in [-0.25, -0.2) is 0 Å². The van der Waals surface area contributed by atoms with Crippen molar-refractivity contribution < 1.29 is 9.59 Å². The third-order valence-electron chi connectivity index (χ3n) is 5.00. The topological polar surface area (TPSA) is 55.2 Å². The zero-order valence-corrected chi connectivity index (χ0v) is 17.0. The van der Waals surface area contributed by atoms with Gasteiger partial charge < -0.3 is 4.90 Å². The summed E-state index contributed by atoms with van der Waals surface area (Å²) in [5.74, 6) is 0.0475. The molecule has 1 aromatic heterocycles. The van der Waals surface area contributed by atoms with E-state index >= 15 is 0 Å². The molecule has 0 aliphatic heterocycles. The molecule has 0 aromatic carbocycles. The second kappa shape index (κ2) is 8.21. The van der Waals surface area contributed by atoms with Crippen molar-refractivity contribution in [2.24, 2.45) is 7.05 Å². The third kappa shape index (κ3) is 3.68. The highest BCUT2D eigenvalue weighted by Gasteiger charge is 2.35. The minimum atomic E-state index is -0.0293. The molecular formula is C19H29N3O2S. The number of ketones is 2. The van der Waals surface area contributed by atoms with E-state index in [2.05, 4.69) is 23.8 Å². The van der Waals surface area contributed by atoms with Crippen molar-refractivity contribution >= 4 is 23.3 Å². The minimum absolute atomic E-state index is 0.0136. The summed E-state index contributed by atoms with van der Waals surface area (Å²) in [6, 6.07) is 0. The van der Waals surface area contributed by atoms with E-state index in [1.807, 2.05) is 31.8 Å². The fourth-order valence-electron chi connectivity index (χ4n) is 3.85. The van der Waals surface area contributed by atoms with E-state index in [0.29, 0.717) is 18.4 Å². The molecule has 2 rings (SSSR count). The fourth-order valence-corrected chi connectivity index (χ4v) is 4.69. The van der Waals surface area contributed by atoms with Gasteiger partial charge >= 0.3 is 0 Å². The largest absolute Gasteiger partial charge is 0.375 e. The highest BCUT2D eigenvalue weighted by molar-refractivity contribution is 7.98. The summed E-state index contributed by atoms with van der Waals surface area (Å²) in [7, 11) is 1.94.